The van der Waals surface area contributed by atoms with Crippen LogP contribution in [0.4, 0.5) is 0 Å². The van der Waals surface area contributed by atoms with Gasteiger partial charge in [-0.1, -0.05) is 35.9 Å². The number of nitrogens with zero attached hydrogens (tertiary/aromatic N) is 1. The largest absolute Gasteiger partial charge is 0.454 e. The molecule has 0 unspecified atom stereocenters. The maximum Gasteiger partial charge on any atom is 0.329 e. The van der Waals surface area contributed by atoms with E-state index in [4.69, 9.17) is 16.3 Å². The van der Waals surface area contributed by atoms with Crippen LogP contribution in [0.2, 0.25) is 5.02 Å². The Morgan fingerprint density at radius 3 is 2.24 bits per heavy atom. The Balaban J connectivity index is 1.56. The van der Waals surface area contributed by atoms with Gasteiger partial charge in [-0.15, -0.1) is 0 Å². The van der Waals surface area contributed by atoms with E-state index >= 15 is 0 Å². The lowest BCUT2D eigenvalue weighted by Crippen LogP contribution is -2.44. The number of fused-ring (bicyclic) bond motifs is 1. The van der Waals surface area contributed by atoms with Gasteiger partial charge in [0.25, 0.3) is 17.7 Å². The van der Waals surface area contributed by atoms with Crippen LogP contribution in [-0.2, 0) is 14.3 Å². The van der Waals surface area contributed by atoms with Crippen LogP contribution in [0.3, 0.4) is 0 Å². The molecule has 1 heterocycles. The van der Waals surface area contributed by atoms with Crippen molar-refractivity contribution in [2.75, 3.05) is 6.61 Å². The summed E-state index contributed by atoms with van der Waals surface area (Å²) in [4.78, 5) is 50.1. The van der Waals surface area contributed by atoms with Crippen molar-refractivity contribution in [3.8, 4) is 0 Å². The summed E-state index contributed by atoms with van der Waals surface area (Å²) < 4.78 is 5.01. The molecule has 2 atom stereocenters. The van der Waals surface area contributed by atoms with Crippen molar-refractivity contribution in [2.45, 2.75) is 25.9 Å². The van der Waals surface area contributed by atoms with Gasteiger partial charge >= 0.3 is 5.97 Å². The molecular formula is C21H19ClN2O5. The van der Waals surface area contributed by atoms with Crippen LogP contribution in [0.1, 0.15) is 46.2 Å². The SMILES string of the molecule is C[C@H](NC(=O)COC(=O)[C@H](C)N1C(=O)c2ccccc2C1=O)c1cccc(Cl)c1. The number of hydrogen-bond acceptors (Lipinski definition) is 5. The molecule has 2 aromatic carbocycles. The Bertz CT molecular complexity index is 956. The first-order valence-corrected chi connectivity index (χ1v) is 9.35. The molecule has 7 nitrogen and oxygen atoms in total. The van der Waals surface area contributed by atoms with Gasteiger partial charge in [-0.05, 0) is 43.7 Å². The standard InChI is InChI=1S/C21H19ClN2O5/c1-12(14-6-5-7-15(22)10-14)23-18(25)11-29-21(28)13(2)24-19(26)16-8-3-4-9-17(16)20(24)27/h3-10,12-13H,11H2,1-2H3,(H,23,25)/t12-,13-/m0/s1. The van der Waals surface area contributed by atoms with Gasteiger partial charge in [0.15, 0.2) is 6.61 Å². The smallest absolute Gasteiger partial charge is 0.329 e. The number of esters is 1. The number of amides is 3. The van der Waals surface area contributed by atoms with Gasteiger partial charge in [0, 0.05) is 5.02 Å². The summed E-state index contributed by atoms with van der Waals surface area (Å²) in [6.07, 6.45) is 0. The van der Waals surface area contributed by atoms with Crippen LogP contribution < -0.4 is 5.32 Å². The fraction of sp³-hybridized carbons (Fsp3) is 0.238. The summed E-state index contributed by atoms with van der Waals surface area (Å²) >= 11 is 5.94. The predicted octanol–water partition coefficient (Wildman–Crippen LogP) is 2.75. The van der Waals surface area contributed by atoms with E-state index in [9.17, 15) is 19.2 Å². The summed E-state index contributed by atoms with van der Waals surface area (Å²) in [7, 11) is 0. The summed E-state index contributed by atoms with van der Waals surface area (Å²) in [5.41, 5.74) is 1.28. The van der Waals surface area contributed by atoms with E-state index in [1.165, 1.54) is 19.1 Å². The second-order valence-electron chi connectivity index (χ2n) is 6.65. The highest BCUT2D eigenvalue weighted by molar-refractivity contribution is 6.30. The number of nitrogens with one attached hydrogen (secondary N) is 1. The van der Waals surface area contributed by atoms with Crippen molar-refractivity contribution in [3.05, 3.63) is 70.2 Å². The summed E-state index contributed by atoms with van der Waals surface area (Å²) in [6.45, 7) is 2.63. The minimum atomic E-state index is -1.15. The summed E-state index contributed by atoms with van der Waals surface area (Å²) in [5, 5.41) is 3.24. The molecule has 0 fully saturated rings. The van der Waals surface area contributed by atoms with Gasteiger partial charge in [0.2, 0.25) is 0 Å². The van der Waals surface area contributed by atoms with Crippen molar-refractivity contribution in [3.63, 3.8) is 0 Å². The van der Waals surface area contributed by atoms with E-state index in [1.54, 1.807) is 37.3 Å². The van der Waals surface area contributed by atoms with Gasteiger partial charge in [-0.2, -0.15) is 0 Å². The highest BCUT2D eigenvalue weighted by Gasteiger charge is 2.41. The molecule has 0 saturated heterocycles. The predicted molar refractivity (Wildman–Crippen MR) is 105 cm³/mol. The van der Waals surface area contributed by atoms with Crippen molar-refractivity contribution in [1.82, 2.24) is 10.2 Å². The number of benzene rings is 2. The number of carbonyl (C=O) groups is 4. The Kier molecular flexibility index (Phi) is 5.98. The summed E-state index contributed by atoms with van der Waals surface area (Å²) in [6, 6.07) is 11.9. The van der Waals surface area contributed by atoms with E-state index in [2.05, 4.69) is 5.32 Å². The van der Waals surface area contributed by atoms with E-state index in [0.717, 1.165) is 10.5 Å². The molecule has 150 valence electrons. The number of imide groups is 1. The van der Waals surface area contributed by atoms with E-state index < -0.39 is 36.3 Å². The molecule has 0 radical (unpaired) electrons. The Morgan fingerprint density at radius 2 is 1.66 bits per heavy atom. The van der Waals surface area contributed by atoms with Crippen molar-refractivity contribution >= 4 is 35.3 Å². The zero-order chi connectivity index (χ0) is 21.1. The lowest BCUT2D eigenvalue weighted by atomic mass is 10.1. The number of halogens is 1. The molecule has 1 N–H and O–H groups in total. The van der Waals surface area contributed by atoms with Gasteiger partial charge < -0.3 is 10.1 Å². The van der Waals surface area contributed by atoms with Crippen LogP contribution in [0.5, 0.6) is 0 Å². The molecule has 2 aromatic rings. The normalized spacial score (nSPS) is 14.9. The van der Waals surface area contributed by atoms with Gasteiger partial charge in [0.1, 0.15) is 6.04 Å². The highest BCUT2D eigenvalue weighted by atomic mass is 35.5. The molecule has 0 saturated carbocycles. The molecule has 3 rings (SSSR count). The third kappa shape index (κ3) is 4.30. The maximum absolute atomic E-state index is 12.4. The number of rotatable bonds is 6. The Labute approximate surface area is 172 Å². The van der Waals surface area contributed by atoms with Crippen LogP contribution in [0, 0.1) is 0 Å². The average Bonchev–Trinajstić information content (AvgIpc) is 2.96. The van der Waals surface area contributed by atoms with Crippen LogP contribution in [0.15, 0.2) is 48.5 Å². The fourth-order valence-electron chi connectivity index (χ4n) is 3.06. The summed E-state index contributed by atoms with van der Waals surface area (Å²) in [5.74, 6) is -2.48. The average molecular weight is 415 g/mol. The molecule has 1 aliphatic heterocycles. The molecule has 0 aliphatic carbocycles. The lowest BCUT2D eigenvalue weighted by molar-refractivity contribution is -0.152. The third-order valence-electron chi connectivity index (χ3n) is 4.63. The second-order valence-corrected chi connectivity index (χ2v) is 7.09. The van der Waals surface area contributed by atoms with Crippen molar-refractivity contribution < 1.29 is 23.9 Å². The Morgan fingerprint density at radius 1 is 1.03 bits per heavy atom. The highest BCUT2D eigenvalue weighted by Crippen LogP contribution is 2.24. The lowest BCUT2D eigenvalue weighted by Gasteiger charge is -2.21. The molecule has 0 aromatic heterocycles. The topological polar surface area (TPSA) is 92.8 Å². The van der Waals surface area contributed by atoms with Gasteiger partial charge in [-0.25, -0.2) is 4.79 Å². The first kappa shape index (κ1) is 20.5. The monoisotopic (exact) mass is 414 g/mol. The first-order valence-electron chi connectivity index (χ1n) is 8.98. The Hall–Kier alpha value is -3.19. The van der Waals surface area contributed by atoms with E-state index in [0.29, 0.717) is 5.02 Å². The second kappa shape index (κ2) is 8.45. The molecule has 29 heavy (non-hydrogen) atoms. The van der Waals surface area contributed by atoms with Crippen LogP contribution in [0.25, 0.3) is 0 Å². The quantitative estimate of drug-likeness (QED) is 0.579. The fourth-order valence-corrected chi connectivity index (χ4v) is 3.26. The van der Waals surface area contributed by atoms with E-state index in [1.807, 2.05) is 6.07 Å². The molecule has 1 aliphatic rings. The number of carbonyl (C=O) groups excluding carboxylic acids is 4. The van der Waals surface area contributed by atoms with Gasteiger partial charge in [0.05, 0.1) is 17.2 Å². The van der Waals surface area contributed by atoms with Crippen molar-refractivity contribution in [2.24, 2.45) is 0 Å². The number of ether oxygens (including phenoxy) is 1. The minimum Gasteiger partial charge on any atom is -0.454 e. The van der Waals surface area contributed by atoms with Crippen LogP contribution in [-0.4, -0.2) is 41.2 Å². The van der Waals surface area contributed by atoms with Crippen LogP contribution >= 0.6 is 11.6 Å². The zero-order valence-electron chi connectivity index (χ0n) is 15.8. The maximum atomic E-state index is 12.4. The molecule has 3 amide bonds. The zero-order valence-corrected chi connectivity index (χ0v) is 16.6. The van der Waals surface area contributed by atoms with Gasteiger partial charge in [-0.3, -0.25) is 19.3 Å². The van der Waals surface area contributed by atoms with Crippen molar-refractivity contribution in [1.29, 1.82) is 0 Å². The molecule has 0 spiro atoms. The van der Waals surface area contributed by atoms with E-state index in [-0.39, 0.29) is 17.2 Å². The third-order valence-corrected chi connectivity index (χ3v) is 4.86. The first-order chi connectivity index (χ1) is 13.8. The number of hydrogen-bond donors (Lipinski definition) is 1. The molecule has 8 heteroatoms. The molecular weight excluding hydrogens is 396 g/mol. The molecule has 0 bridgehead atoms. The minimum absolute atomic E-state index is 0.241.